The van der Waals surface area contributed by atoms with E-state index in [1.165, 1.54) is 0 Å². The molecule has 1 heterocycles. The van der Waals surface area contributed by atoms with E-state index in [0.717, 1.165) is 37.8 Å². The summed E-state index contributed by atoms with van der Waals surface area (Å²) in [5.74, 6) is 0.0668. The van der Waals surface area contributed by atoms with Gasteiger partial charge in [-0.15, -0.1) is 0 Å². The number of piperidine rings is 1. The minimum atomic E-state index is -0.667. The zero-order valence-electron chi connectivity index (χ0n) is 14.3. The lowest BCUT2D eigenvalue weighted by atomic mass is 9.96. The average molecular weight is 319 g/mol. The molecule has 1 amide bonds. The molecule has 1 aromatic rings. The van der Waals surface area contributed by atoms with Gasteiger partial charge >= 0.3 is 0 Å². The van der Waals surface area contributed by atoms with E-state index in [4.69, 9.17) is 0 Å². The van der Waals surface area contributed by atoms with Crippen LogP contribution in [0.2, 0.25) is 0 Å². The monoisotopic (exact) mass is 319 g/mol. The maximum Gasteiger partial charge on any atom is 0.254 e. The van der Waals surface area contributed by atoms with Crippen LogP contribution in [0.15, 0.2) is 24.3 Å². The summed E-state index contributed by atoms with van der Waals surface area (Å²) >= 11 is 0. The molecule has 0 unspecified atom stereocenters. The number of aliphatic hydroxyl groups is 2. The molecule has 1 atom stereocenters. The van der Waals surface area contributed by atoms with Gasteiger partial charge in [0.1, 0.15) is 0 Å². The first-order valence-electron chi connectivity index (χ1n) is 8.64. The molecule has 128 valence electrons. The molecule has 2 rings (SSSR count). The Balaban J connectivity index is 2.01. The van der Waals surface area contributed by atoms with Gasteiger partial charge in [-0.2, -0.15) is 0 Å². The number of nitrogens with zero attached hydrogens (tertiary/aromatic N) is 1. The number of aryl methyl sites for hydroxylation is 1. The number of rotatable bonds is 6. The Hall–Kier alpha value is -1.39. The Morgan fingerprint density at radius 1 is 1.26 bits per heavy atom. The van der Waals surface area contributed by atoms with Gasteiger partial charge in [0, 0.05) is 24.8 Å². The number of amides is 1. The molecule has 4 heteroatoms. The zero-order chi connectivity index (χ0) is 16.9. The number of benzene rings is 1. The van der Waals surface area contributed by atoms with Crippen LogP contribution in [0.25, 0.3) is 0 Å². The fourth-order valence-corrected chi connectivity index (χ4v) is 3.15. The maximum atomic E-state index is 12.7. The second kappa shape index (κ2) is 7.93. The van der Waals surface area contributed by atoms with Crippen molar-refractivity contribution in [1.82, 2.24) is 4.90 Å². The van der Waals surface area contributed by atoms with Crippen molar-refractivity contribution in [3.63, 3.8) is 0 Å². The summed E-state index contributed by atoms with van der Waals surface area (Å²) in [7, 11) is 0. The highest BCUT2D eigenvalue weighted by molar-refractivity contribution is 5.94. The highest BCUT2D eigenvalue weighted by atomic mass is 16.3. The zero-order valence-corrected chi connectivity index (χ0v) is 14.3. The Morgan fingerprint density at radius 2 is 1.96 bits per heavy atom. The smallest absolute Gasteiger partial charge is 0.254 e. The summed E-state index contributed by atoms with van der Waals surface area (Å²) in [6.45, 7) is 4.53. The van der Waals surface area contributed by atoms with Gasteiger partial charge in [-0.1, -0.05) is 12.1 Å². The maximum absolute atomic E-state index is 12.7. The van der Waals surface area contributed by atoms with E-state index in [-0.39, 0.29) is 18.6 Å². The molecule has 0 aliphatic carbocycles. The second-order valence-corrected chi connectivity index (χ2v) is 7.17. The summed E-state index contributed by atoms with van der Waals surface area (Å²) in [5.41, 5.74) is 1.18. The lowest BCUT2D eigenvalue weighted by Crippen LogP contribution is -2.44. The largest absolute Gasteiger partial charge is 0.396 e. The highest BCUT2D eigenvalue weighted by Crippen LogP contribution is 2.22. The van der Waals surface area contributed by atoms with Crippen molar-refractivity contribution in [3.05, 3.63) is 35.4 Å². The van der Waals surface area contributed by atoms with E-state index in [9.17, 15) is 15.0 Å². The first-order valence-corrected chi connectivity index (χ1v) is 8.64. The second-order valence-electron chi connectivity index (χ2n) is 7.17. The summed E-state index contributed by atoms with van der Waals surface area (Å²) in [6, 6.07) is 7.88. The molecular weight excluding hydrogens is 290 g/mol. The van der Waals surface area contributed by atoms with Gasteiger partial charge in [-0.25, -0.2) is 0 Å². The van der Waals surface area contributed by atoms with Crippen LogP contribution in [0.4, 0.5) is 0 Å². The number of likely N-dealkylation sites (tertiary alicyclic amines) is 1. The molecule has 0 aromatic heterocycles. The highest BCUT2D eigenvalue weighted by Gasteiger charge is 2.26. The van der Waals surface area contributed by atoms with Crippen LogP contribution in [-0.2, 0) is 6.42 Å². The number of hydrogen-bond donors (Lipinski definition) is 2. The number of aliphatic hydroxyl groups excluding tert-OH is 1. The van der Waals surface area contributed by atoms with Gasteiger partial charge in [0.2, 0.25) is 0 Å². The molecule has 1 fully saturated rings. The third-order valence-electron chi connectivity index (χ3n) is 4.58. The van der Waals surface area contributed by atoms with Crippen molar-refractivity contribution in [2.45, 2.75) is 64.0 Å². The molecule has 0 radical (unpaired) electrons. The van der Waals surface area contributed by atoms with Crippen LogP contribution in [0.5, 0.6) is 0 Å². The molecule has 0 bridgehead atoms. The van der Waals surface area contributed by atoms with E-state index in [1.807, 2.05) is 43.0 Å². The molecule has 23 heavy (non-hydrogen) atoms. The average Bonchev–Trinajstić information content (AvgIpc) is 2.53. The van der Waals surface area contributed by atoms with Crippen molar-refractivity contribution >= 4 is 5.91 Å². The number of hydrogen-bond acceptors (Lipinski definition) is 3. The predicted molar refractivity (Wildman–Crippen MR) is 91.4 cm³/mol. The molecule has 1 aromatic carbocycles. The van der Waals surface area contributed by atoms with Crippen LogP contribution < -0.4 is 0 Å². The molecule has 4 nitrogen and oxygen atoms in total. The van der Waals surface area contributed by atoms with Crippen molar-refractivity contribution in [3.8, 4) is 0 Å². The van der Waals surface area contributed by atoms with Crippen molar-refractivity contribution in [2.24, 2.45) is 0 Å². The molecule has 0 spiro atoms. The summed E-state index contributed by atoms with van der Waals surface area (Å²) in [5, 5.41) is 19.0. The minimum Gasteiger partial charge on any atom is -0.396 e. The van der Waals surface area contributed by atoms with Crippen LogP contribution in [-0.4, -0.2) is 45.8 Å². The van der Waals surface area contributed by atoms with Gasteiger partial charge in [0.15, 0.2) is 0 Å². The fourth-order valence-electron chi connectivity index (χ4n) is 3.15. The van der Waals surface area contributed by atoms with Gasteiger partial charge in [-0.3, -0.25) is 4.79 Å². The van der Waals surface area contributed by atoms with Crippen LogP contribution in [0.3, 0.4) is 0 Å². The molecule has 1 saturated heterocycles. The fraction of sp³-hybridized carbons (Fsp3) is 0.632. The number of carbonyl (C=O) groups excluding carboxylic acids is 1. The predicted octanol–water partition coefficient (Wildman–Crippen LogP) is 2.77. The minimum absolute atomic E-state index is 0.0668. The summed E-state index contributed by atoms with van der Waals surface area (Å²) in [4.78, 5) is 14.6. The van der Waals surface area contributed by atoms with Crippen LogP contribution in [0.1, 0.15) is 61.9 Å². The van der Waals surface area contributed by atoms with Gasteiger partial charge in [0.25, 0.3) is 5.91 Å². The van der Waals surface area contributed by atoms with E-state index < -0.39 is 5.60 Å². The summed E-state index contributed by atoms with van der Waals surface area (Å²) < 4.78 is 0. The molecule has 2 N–H and O–H groups in total. The Morgan fingerprint density at radius 3 is 2.57 bits per heavy atom. The van der Waals surface area contributed by atoms with Gasteiger partial charge in [0.05, 0.1) is 5.60 Å². The molecular formula is C19H29NO3. The van der Waals surface area contributed by atoms with E-state index in [1.54, 1.807) is 0 Å². The summed E-state index contributed by atoms with van der Waals surface area (Å²) in [6.07, 6.45) is 5.31. The molecule has 1 aliphatic heterocycles. The topological polar surface area (TPSA) is 60.8 Å². The van der Waals surface area contributed by atoms with Crippen LogP contribution in [0, 0.1) is 0 Å². The lowest BCUT2D eigenvalue weighted by Gasteiger charge is -2.35. The van der Waals surface area contributed by atoms with E-state index >= 15 is 0 Å². The Labute approximate surface area is 139 Å². The third-order valence-corrected chi connectivity index (χ3v) is 4.58. The van der Waals surface area contributed by atoms with Gasteiger partial charge < -0.3 is 15.1 Å². The number of carbonyl (C=O) groups is 1. The SMILES string of the molecule is CC(C)(O)CCc1ccc(C(=O)N2CCCC[C@@H]2CCO)cc1. The molecule has 1 aliphatic rings. The Kier molecular flexibility index (Phi) is 6.19. The first kappa shape index (κ1) is 18.0. The van der Waals surface area contributed by atoms with Crippen molar-refractivity contribution in [1.29, 1.82) is 0 Å². The first-order chi connectivity index (χ1) is 10.9. The lowest BCUT2D eigenvalue weighted by molar-refractivity contribution is 0.0574. The Bertz CT molecular complexity index is 502. The standard InChI is InChI=1S/C19H29NO3/c1-19(2,23)12-10-15-6-8-16(9-7-15)18(22)20-13-4-3-5-17(20)11-14-21/h6-9,17,21,23H,3-5,10-14H2,1-2H3/t17-/m1/s1. The molecule has 0 saturated carbocycles. The van der Waals surface area contributed by atoms with Gasteiger partial charge in [-0.05, 0) is 70.1 Å². The quantitative estimate of drug-likeness (QED) is 0.847. The van der Waals surface area contributed by atoms with Crippen LogP contribution >= 0.6 is 0 Å². The normalized spacial score (nSPS) is 19.0. The van der Waals surface area contributed by atoms with E-state index in [0.29, 0.717) is 18.4 Å². The van der Waals surface area contributed by atoms with Crippen molar-refractivity contribution < 1.29 is 15.0 Å². The van der Waals surface area contributed by atoms with Crippen molar-refractivity contribution in [2.75, 3.05) is 13.2 Å². The third kappa shape index (κ3) is 5.33. The van der Waals surface area contributed by atoms with E-state index in [2.05, 4.69) is 0 Å².